The van der Waals surface area contributed by atoms with Gasteiger partial charge in [-0.2, -0.15) is 0 Å². The Bertz CT molecular complexity index is 423. The second-order valence-electron chi connectivity index (χ2n) is 4.78. The van der Waals surface area contributed by atoms with Crippen LogP contribution >= 0.6 is 35.0 Å². The molecule has 1 saturated heterocycles. The summed E-state index contributed by atoms with van der Waals surface area (Å²) in [6.45, 7) is 2.80. The van der Waals surface area contributed by atoms with Crippen molar-refractivity contribution in [1.29, 1.82) is 0 Å². The number of hydrogen-bond acceptors (Lipinski definition) is 2. The van der Waals surface area contributed by atoms with E-state index in [1.807, 2.05) is 22.6 Å². The van der Waals surface area contributed by atoms with Crippen LogP contribution in [-0.2, 0) is 6.54 Å². The lowest BCUT2D eigenvalue weighted by Gasteiger charge is -2.31. The largest absolute Gasteiger partial charge is 0.330 e. The van der Waals surface area contributed by atoms with Gasteiger partial charge in [0.15, 0.2) is 0 Å². The summed E-state index contributed by atoms with van der Waals surface area (Å²) in [6, 6.07) is 2.81. The molecular weight excluding hydrogens is 385 g/mol. The van der Waals surface area contributed by atoms with E-state index in [0.29, 0.717) is 22.6 Å². The highest BCUT2D eigenvalue weighted by Gasteiger charge is 2.21. The molecule has 1 aromatic rings. The summed E-state index contributed by atoms with van der Waals surface area (Å²) in [4.78, 5) is 2.10. The molecule has 0 radical (unpaired) electrons. The van der Waals surface area contributed by atoms with Crippen molar-refractivity contribution in [2.24, 2.45) is 11.7 Å². The van der Waals surface area contributed by atoms with Crippen LogP contribution in [0.2, 0.25) is 0 Å². The molecule has 1 aliphatic rings. The lowest BCUT2D eigenvalue weighted by molar-refractivity contribution is 0.176. The first-order valence-electron chi connectivity index (χ1n) is 6.16. The first-order chi connectivity index (χ1) is 8.61. The number of halogens is 4. The van der Waals surface area contributed by atoms with E-state index in [1.54, 1.807) is 0 Å². The molecule has 0 spiro atoms. The van der Waals surface area contributed by atoms with Crippen LogP contribution in [0.1, 0.15) is 18.4 Å². The molecule has 0 bridgehead atoms. The molecule has 0 unspecified atom stereocenters. The first kappa shape index (κ1) is 17.1. The zero-order valence-electron chi connectivity index (χ0n) is 10.5. The Balaban J connectivity index is 0.00000180. The molecule has 0 amide bonds. The third kappa shape index (κ3) is 4.24. The van der Waals surface area contributed by atoms with Gasteiger partial charge < -0.3 is 5.73 Å². The normalized spacial score (nSPS) is 17.3. The van der Waals surface area contributed by atoms with Crippen LogP contribution < -0.4 is 5.73 Å². The predicted molar refractivity (Wildman–Crippen MR) is 83.4 cm³/mol. The molecular formula is C13H18ClF2IN2. The van der Waals surface area contributed by atoms with Crippen LogP contribution in [0.25, 0.3) is 0 Å². The molecule has 0 aliphatic carbocycles. The lowest BCUT2D eigenvalue weighted by atomic mass is 9.97. The van der Waals surface area contributed by atoms with Gasteiger partial charge in [-0.1, -0.05) is 0 Å². The second-order valence-corrected chi connectivity index (χ2v) is 5.94. The molecule has 0 aromatic heterocycles. The molecule has 2 rings (SSSR count). The van der Waals surface area contributed by atoms with Crippen molar-refractivity contribution in [2.75, 3.05) is 19.6 Å². The van der Waals surface area contributed by atoms with Crippen molar-refractivity contribution in [3.63, 3.8) is 0 Å². The van der Waals surface area contributed by atoms with Gasteiger partial charge >= 0.3 is 0 Å². The van der Waals surface area contributed by atoms with E-state index in [4.69, 9.17) is 5.73 Å². The molecule has 19 heavy (non-hydrogen) atoms. The van der Waals surface area contributed by atoms with Gasteiger partial charge in [-0.3, -0.25) is 4.90 Å². The summed E-state index contributed by atoms with van der Waals surface area (Å²) in [7, 11) is 0. The van der Waals surface area contributed by atoms with E-state index in [2.05, 4.69) is 4.90 Å². The van der Waals surface area contributed by atoms with Gasteiger partial charge in [0.25, 0.3) is 0 Å². The van der Waals surface area contributed by atoms with Gasteiger partial charge in [0.05, 0.1) is 0 Å². The highest BCUT2D eigenvalue weighted by atomic mass is 127. The fourth-order valence-electron chi connectivity index (χ4n) is 2.32. The van der Waals surface area contributed by atoms with Crippen LogP contribution in [0, 0.1) is 21.1 Å². The number of hydrogen-bond donors (Lipinski definition) is 1. The molecule has 2 N–H and O–H groups in total. The zero-order chi connectivity index (χ0) is 13.1. The molecule has 0 saturated carbocycles. The summed E-state index contributed by atoms with van der Waals surface area (Å²) >= 11 is 1.89. The molecule has 2 nitrogen and oxygen atoms in total. The highest BCUT2D eigenvalue weighted by molar-refractivity contribution is 14.1. The minimum Gasteiger partial charge on any atom is -0.330 e. The van der Waals surface area contributed by atoms with Crippen LogP contribution in [0.5, 0.6) is 0 Å². The van der Waals surface area contributed by atoms with E-state index in [0.717, 1.165) is 25.9 Å². The average molecular weight is 403 g/mol. The Kier molecular flexibility index (Phi) is 6.93. The Hall–Kier alpha value is 0.0200. The van der Waals surface area contributed by atoms with Crippen LogP contribution in [-0.4, -0.2) is 24.5 Å². The summed E-state index contributed by atoms with van der Waals surface area (Å²) in [6.07, 6.45) is 2.04. The monoisotopic (exact) mass is 402 g/mol. The molecule has 1 aliphatic heterocycles. The standard InChI is InChI=1S/C13H17F2IN2.ClH/c14-11-1-2-12(16)13(15)10(11)8-18-5-3-9(7-17)4-6-18;/h1-2,9H,3-8,17H2;1H. The number of rotatable bonds is 3. The fraction of sp³-hybridized carbons (Fsp3) is 0.538. The van der Waals surface area contributed by atoms with Crippen molar-refractivity contribution in [1.82, 2.24) is 4.90 Å². The zero-order valence-corrected chi connectivity index (χ0v) is 13.5. The van der Waals surface area contributed by atoms with E-state index in [9.17, 15) is 8.78 Å². The van der Waals surface area contributed by atoms with Crippen LogP contribution in [0.3, 0.4) is 0 Å². The number of nitrogens with zero attached hydrogens (tertiary/aromatic N) is 1. The number of piperidine rings is 1. The third-order valence-electron chi connectivity index (χ3n) is 3.56. The molecule has 1 heterocycles. The quantitative estimate of drug-likeness (QED) is 0.622. The maximum Gasteiger partial charge on any atom is 0.143 e. The fourth-order valence-corrected chi connectivity index (χ4v) is 2.82. The SMILES string of the molecule is Cl.NCC1CCN(Cc2c(F)ccc(I)c2F)CC1. The Morgan fingerprint density at radius 1 is 1.26 bits per heavy atom. The van der Waals surface area contributed by atoms with Crippen molar-refractivity contribution in [3.8, 4) is 0 Å². The smallest absolute Gasteiger partial charge is 0.143 e. The molecule has 1 fully saturated rings. The number of benzene rings is 1. The van der Waals surface area contributed by atoms with Crippen molar-refractivity contribution < 1.29 is 8.78 Å². The summed E-state index contributed by atoms with van der Waals surface area (Å²) in [5, 5.41) is 0. The summed E-state index contributed by atoms with van der Waals surface area (Å²) in [5.41, 5.74) is 5.82. The molecule has 0 atom stereocenters. The molecule has 6 heteroatoms. The predicted octanol–water partition coefficient (Wildman–Crippen LogP) is 3.16. The minimum absolute atomic E-state index is 0. The Labute approximate surface area is 132 Å². The number of nitrogens with two attached hydrogens (primary N) is 1. The van der Waals surface area contributed by atoms with Crippen LogP contribution in [0.15, 0.2) is 12.1 Å². The van der Waals surface area contributed by atoms with Gasteiger partial charge in [-0.15, -0.1) is 12.4 Å². The van der Waals surface area contributed by atoms with E-state index in [1.165, 1.54) is 12.1 Å². The van der Waals surface area contributed by atoms with Crippen molar-refractivity contribution in [3.05, 3.63) is 32.9 Å². The summed E-state index contributed by atoms with van der Waals surface area (Å²) in [5.74, 6) is -0.308. The Morgan fingerprint density at radius 3 is 2.47 bits per heavy atom. The highest BCUT2D eigenvalue weighted by Crippen LogP contribution is 2.23. The van der Waals surface area contributed by atoms with Crippen LogP contribution in [0.4, 0.5) is 8.78 Å². The molecule has 108 valence electrons. The first-order valence-corrected chi connectivity index (χ1v) is 7.24. The van der Waals surface area contributed by atoms with E-state index in [-0.39, 0.29) is 18.0 Å². The number of likely N-dealkylation sites (tertiary alicyclic amines) is 1. The van der Waals surface area contributed by atoms with Gasteiger partial charge in [0.1, 0.15) is 11.6 Å². The topological polar surface area (TPSA) is 29.3 Å². The van der Waals surface area contributed by atoms with Gasteiger partial charge in [-0.25, -0.2) is 8.78 Å². The molecule has 1 aromatic carbocycles. The van der Waals surface area contributed by atoms with Gasteiger partial charge in [-0.05, 0) is 73.1 Å². The van der Waals surface area contributed by atoms with Crippen molar-refractivity contribution in [2.45, 2.75) is 19.4 Å². The van der Waals surface area contributed by atoms with Crippen molar-refractivity contribution >= 4 is 35.0 Å². The third-order valence-corrected chi connectivity index (χ3v) is 4.39. The van der Waals surface area contributed by atoms with E-state index >= 15 is 0 Å². The maximum absolute atomic E-state index is 13.9. The Morgan fingerprint density at radius 2 is 1.89 bits per heavy atom. The average Bonchev–Trinajstić information content (AvgIpc) is 2.40. The van der Waals surface area contributed by atoms with Gasteiger partial charge in [0, 0.05) is 15.7 Å². The maximum atomic E-state index is 13.9. The summed E-state index contributed by atoms with van der Waals surface area (Å²) < 4.78 is 28.0. The van der Waals surface area contributed by atoms with Gasteiger partial charge in [0.2, 0.25) is 0 Å². The van der Waals surface area contributed by atoms with E-state index < -0.39 is 11.6 Å². The lowest BCUT2D eigenvalue weighted by Crippen LogP contribution is -2.36. The second kappa shape index (κ2) is 7.71. The minimum atomic E-state index is -0.450.